The molecule has 0 spiro atoms. The van der Waals surface area contributed by atoms with Gasteiger partial charge in [-0.2, -0.15) is 0 Å². The van der Waals surface area contributed by atoms with Crippen molar-refractivity contribution in [3.63, 3.8) is 0 Å². The second kappa shape index (κ2) is 5.63. The number of fused-ring (bicyclic) bond motifs is 1. The summed E-state index contributed by atoms with van der Waals surface area (Å²) in [4.78, 5) is 26.2. The summed E-state index contributed by atoms with van der Waals surface area (Å²) in [7, 11) is 1.38. The molecule has 1 aliphatic heterocycles. The summed E-state index contributed by atoms with van der Waals surface area (Å²) in [6.07, 6.45) is 0.520. The number of aryl methyl sites for hydroxylation is 1. The fourth-order valence-electron chi connectivity index (χ4n) is 2.77. The number of anilines is 1. The number of carbonyl (C=O) groups is 2. The molecule has 1 aromatic carbocycles. The average molecular weight is 300 g/mol. The molecule has 6 heteroatoms. The molecule has 22 heavy (non-hydrogen) atoms. The van der Waals surface area contributed by atoms with Gasteiger partial charge >= 0.3 is 5.97 Å². The first-order valence-corrected chi connectivity index (χ1v) is 7.03. The molecular weight excluding hydrogens is 284 g/mol. The van der Waals surface area contributed by atoms with Crippen molar-refractivity contribution in [2.24, 2.45) is 0 Å². The SMILES string of the molecule is COC(=O)[C@H]1CCN(C(=O)c2cc(C)on2)c2ccccc21. The Morgan fingerprint density at radius 3 is 2.82 bits per heavy atom. The quantitative estimate of drug-likeness (QED) is 0.796. The summed E-state index contributed by atoms with van der Waals surface area (Å²) in [5.74, 6) is -0.269. The highest BCUT2D eigenvalue weighted by Crippen LogP contribution is 2.36. The standard InChI is InChI=1S/C16H16N2O4/c1-10-9-13(17-22-10)15(19)18-8-7-12(16(20)21-2)11-5-3-4-6-14(11)18/h3-6,9,12H,7-8H2,1-2H3/t12-/m0/s1. The highest BCUT2D eigenvalue weighted by Gasteiger charge is 2.34. The summed E-state index contributed by atoms with van der Waals surface area (Å²) in [6, 6.07) is 8.98. The molecule has 0 saturated heterocycles. The largest absolute Gasteiger partial charge is 0.469 e. The fourth-order valence-corrected chi connectivity index (χ4v) is 2.77. The van der Waals surface area contributed by atoms with E-state index in [1.165, 1.54) is 7.11 Å². The van der Waals surface area contributed by atoms with Crippen molar-refractivity contribution in [2.45, 2.75) is 19.3 Å². The van der Waals surface area contributed by atoms with Gasteiger partial charge in [-0.05, 0) is 25.0 Å². The molecule has 0 aliphatic carbocycles. The third-order valence-electron chi connectivity index (χ3n) is 3.82. The molecule has 1 atom stereocenters. The predicted octanol–water partition coefficient (Wildman–Crippen LogP) is 2.29. The van der Waals surface area contributed by atoms with Crippen molar-refractivity contribution in [2.75, 3.05) is 18.6 Å². The number of aromatic nitrogens is 1. The number of carbonyl (C=O) groups excluding carboxylic acids is 2. The van der Waals surface area contributed by atoms with E-state index in [2.05, 4.69) is 5.16 Å². The van der Waals surface area contributed by atoms with Gasteiger partial charge in [0.25, 0.3) is 5.91 Å². The van der Waals surface area contributed by atoms with Gasteiger partial charge in [0.2, 0.25) is 0 Å². The van der Waals surface area contributed by atoms with Crippen LogP contribution in [-0.2, 0) is 9.53 Å². The van der Waals surface area contributed by atoms with Gasteiger partial charge < -0.3 is 14.2 Å². The number of hydrogen-bond donors (Lipinski definition) is 0. The third kappa shape index (κ3) is 2.36. The Morgan fingerprint density at radius 2 is 2.14 bits per heavy atom. The van der Waals surface area contributed by atoms with Crippen LogP contribution in [0, 0.1) is 6.92 Å². The van der Waals surface area contributed by atoms with Crippen LogP contribution in [0.3, 0.4) is 0 Å². The van der Waals surface area contributed by atoms with Crippen molar-refractivity contribution >= 4 is 17.6 Å². The molecule has 3 rings (SSSR count). The number of nitrogens with zero attached hydrogens (tertiary/aromatic N) is 2. The van der Waals surface area contributed by atoms with Crippen molar-refractivity contribution in [1.82, 2.24) is 5.16 Å². The number of hydrogen-bond acceptors (Lipinski definition) is 5. The van der Waals surface area contributed by atoms with E-state index in [0.29, 0.717) is 18.7 Å². The maximum Gasteiger partial charge on any atom is 0.313 e. The van der Waals surface area contributed by atoms with Gasteiger partial charge in [0, 0.05) is 18.3 Å². The molecule has 0 saturated carbocycles. The maximum atomic E-state index is 12.6. The van der Waals surface area contributed by atoms with Crippen LogP contribution in [0.25, 0.3) is 0 Å². The van der Waals surface area contributed by atoms with E-state index >= 15 is 0 Å². The van der Waals surface area contributed by atoms with Gasteiger partial charge in [0.05, 0.1) is 13.0 Å². The molecular formula is C16H16N2O4. The van der Waals surface area contributed by atoms with E-state index in [9.17, 15) is 9.59 Å². The molecule has 0 N–H and O–H groups in total. The minimum Gasteiger partial charge on any atom is -0.469 e. The molecule has 0 fully saturated rings. The molecule has 0 unspecified atom stereocenters. The fraction of sp³-hybridized carbons (Fsp3) is 0.312. The van der Waals surface area contributed by atoms with Gasteiger partial charge in [0.1, 0.15) is 5.76 Å². The molecule has 1 aromatic heterocycles. The first kappa shape index (κ1) is 14.3. The molecule has 6 nitrogen and oxygen atoms in total. The van der Waals surface area contributed by atoms with Crippen LogP contribution in [0.15, 0.2) is 34.9 Å². The van der Waals surface area contributed by atoms with Crippen molar-refractivity contribution in [3.8, 4) is 0 Å². The normalized spacial score (nSPS) is 17.0. The van der Waals surface area contributed by atoms with Crippen LogP contribution in [0.1, 0.15) is 34.2 Å². The van der Waals surface area contributed by atoms with Gasteiger partial charge in [-0.25, -0.2) is 0 Å². The Kier molecular flexibility index (Phi) is 3.66. The van der Waals surface area contributed by atoms with Gasteiger partial charge in [-0.15, -0.1) is 0 Å². The number of para-hydroxylation sites is 1. The smallest absolute Gasteiger partial charge is 0.313 e. The molecule has 1 amide bonds. The predicted molar refractivity (Wildman–Crippen MR) is 78.7 cm³/mol. The van der Waals surface area contributed by atoms with Gasteiger partial charge in [-0.3, -0.25) is 9.59 Å². The zero-order valence-electron chi connectivity index (χ0n) is 12.4. The van der Waals surface area contributed by atoms with Crippen LogP contribution in [0.4, 0.5) is 5.69 Å². The first-order valence-electron chi connectivity index (χ1n) is 7.03. The summed E-state index contributed by atoms with van der Waals surface area (Å²) in [6.45, 7) is 2.17. The Bertz CT molecular complexity index is 722. The van der Waals surface area contributed by atoms with Gasteiger partial charge in [-0.1, -0.05) is 23.4 Å². The van der Waals surface area contributed by atoms with E-state index in [0.717, 1.165) is 11.3 Å². The van der Waals surface area contributed by atoms with Crippen molar-refractivity contribution < 1.29 is 18.8 Å². The lowest BCUT2D eigenvalue weighted by atomic mass is 9.89. The lowest BCUT2D eigenvalue weighted by molar-refractivity contribution is -0.142. The highest BCUT2D eigenvalue weighted by atomic mass is 16.5. The van der Waals surface area contributed by atoms with Crippen LogP contribution in [-0.4, -0.2) is 30.7 Å². The number of esters is 1. The van der Waals surface area contributed by atoms with Crippen molar-refractivity contribution in [3.05, 3.63) is 47.3 Å². The molecule has 114 valence electrons. The number of methoxy groups -OCH3 is 1. The average Bonchev–Trinajstić information content (AvgIpc) is 2.99. The zero-order valence-corrected chi connectivity index (χ0v) is 12.4. The Hall–Kier alpha value is -2.63. The zero-order chi connectivity index (χ0) is 15.7. The number of benzene rings is 1. The van der Waals surface area contributed by atoms with Gasteiger partial charge in [0.15, 0.2) is 5.69 Å². The molecule has 1 aliphatic rings. The Balaban J connectivity index is 1.97. The summed E-state index contributed by atoms with van der Waals surface area (Å²) in [5, 5.41) is 3.78. The van der Waals surface area contributed by atoms with Crippen LogP contribution in [0.2, 0.25) is 0 Å². The summed E-state index contributed by atoms with van der Waals surface area (Å²) >= 11 is 0. The second-order valence-electron chi connectivity index (χ2n) is 5.20. The first-order chi connectivity index (χ1) is 10.6. The Morgan fingerprint density at radius 1 is 1.36 bits per heavy atom. The molecule has 2 aromatic rings. The van der Waals surface area contributed by atoms with E-state index < -0.39 is 0 Å². The lowest BCUT2D eigenvalue weighted by Crippen LogP contribution is -2.38. The monoisotopic (exact) mass is 300 g/mol. The minimum atomic E-state index is -0.343. The lowest BCUT2D eigenvalue weighted by Gasteiger charge is -2.32. The number of amides is 1. The van der Waals surface area contributed by atoms with Crippen LogP contribution in [0.5, 0.6) is 0 Å². The van der Waals surface area contributed by atoms with Crippen molar-refractivity contribution in [1.29, 1.82) is 0 Å². The van der Waals surface area contributed by atoms with Crippen LogP contribution < -0.4 is 4.90 Å². The number of rotatable bonds is 2. The Labute approximate surface area is 127 Å². The van der Waals surface area contributed by atoms with E-state index in [1.807, 2.05) is 24.3 Å². The summed E-state index contributed by atoms with van der Waals surface area (Å²) < 4.78 is 9.83. The van der Waals surface area contributed by atoms with E-state index in [4.69, 9.17) is 9.26 Å². The molecule has 2 heterocycles. The highest BCUT2D eigenvalue weighted by molar-refractivity contribution is 6.06. The molecule has 0 radical (unpaired) electrons. The minimum absolute atomic E-state index is 0.229. The molecule has 0 bridgehead atoms. The topological polar surface area (TPSA) is 72.6 Å². The third-order valence-corrected chi connectivity index (χ3v) is 3.82. The van der Waals surface area contributed by atoms with Crippen LogP contribution >= 0.6 is 0 Å². The number of ether oxygens (including phenoxy) is 1. The summed E-state index contributed by atoms with van der Waals surface area (Å²) in [5.41, 5.74) is 1.78. The van der Waals surface area contributed by atoms with E-state index in [1.54, 1.807) is 17.9 Å². The van der Waals surface area contributed by atoms with E-state index in [-0.39, 0.29) is 23.5 Å². The second-order valence-corrected chi connectivity index (χ2v) is 5.20. The maximum absolute atomic E-state index is 12.6.